The summed E-state index contributed by atoms with van der Waals surface area (Å²) < 4.78 is 5.38. The predicted molar refractivity (Wildman–Crippen MR) is 117 cm³/mol. The van der Waals surface area contributed by atoms with Crippen LogP contribution in [0, 0.1) is 0 Å². The molecule has 0 saturated carbocycles. The zero-order valence-corrected chi connectivity index (χ0v) is 17.2. The number of carbonyl (C=O) groups excluding carboxylic acids is 2. The monoisotopic (exact) mass is 430 g/mol. The van der Waals surface area contributed by atoms with Gasteiger partial charge in [-0.2, -0.15) is 5.10 Å². The molecule has 2 aromatic carbocycles. The van der Waals surface area contributed by atoms with E-state index < -0.39 is 5.25 Å². The normalized spacial score (nSPS) is 17.4. The minimum atomic E-state index is -0.645. The first kappa shape index (κ1) is 20.9. The molecule has 1 atom stereocenters. The molecule has 1 aliphatic rings. The summed E-state index contributed by atoms with van der Waals surface area (Å²) in [7, 11) is 0. The molecule has 0 spiro atoms. The number of hydrogen-bond acceptors (Lipinski definition) is 6. The molecule has 9 heteroatoms. The van der Waals surface area contributed by atoms with Crippen molar-refractivity contribution in [1.29, 1.82) is 0 Å². The Kier molecular flexibility index (Phi) is 6.90. The van der Waals surface area contributed by atoms with Crippen LogP contribution in [0.5, 0.6) is 5.75 Å². The second-order valence-corrected chi connectivity index (χ2v) is 7.64. The lowest BCUT2D eigenvalue weighted by molar-refractivity contribution is -0.121. The number of ether oxygens (including phenoxy) is 1. The van der Waals surface area contributed by atoms with Crippen molar-refractivity contribution in [2.75, 3.05) is 11.5 Å². The van der Waals surface area contributed by atoms with Gasteiger partial charge in [0.25, 0.3) is 0 Å². The number of benzene rings is 2. The van der Waals surface area contributed by atoms with E-state index in [2.05, 4.69) is 10.2 Å². The Bertz CT molecular complexity index is 962. The van der Waals surface area contributed by atoms with Gasteiger partial charge in [-0.05, 0) is 37.3 Å². The zero-order chi connectivity index (χ0) is 20.8. The van der Waals surface area contributed by atoms with Crippen LogP contribution < -0.4 is 15.4 Å². The van der Waals surface area contributed by atoms with Crippen LogP contribution in [-0.4, -0.2) is 35.1 Å². The highest BCUT2D eigenvalue weighted by Gasteiger charge is 2.40. The Labute approximate surface area is 177 Å². The number of anilines is 1. The molecule has 2 aromatic rings. The van der Waals surface area contributed by atoms with Crippen LogP contribution in [-0.2, 0) is 9.59 Å². The Hall–Kier alpha value is -2.84. The van der Waals surface area contributed by atoms with Gasteiger partial charge in [0.15, 0.2) is 5.17 Å². The molecule has 150 valence electrons. The maximum absolute atomic E-state index is 12.7. The smallest absolute Gasteiger partial charge is 0.247 e. The molecule has 0 unspecified atom stereocenters. The van der Waals surface area contributed by atoms with Crippen molar-refractivity contribution in [3.05, 3.63) is 59.1 Å². The number of carbonyl (C=O) groups is 2. The highest BCUT2D eigenvalue weighted by Crippen LogP contribution is 2.30. The van der Waals surface area contributed by atoms with Crippen LogP contribution in [0.25, 0.3) is 0 Å². The van der Waals surface area contributed by atoms with Gasteiger partial charge in [0, 0.05) is 17.0 Å². The lowest BCUT2D eigenvalue weighted by Crippen LogP contribution is -2.31. The molecule has 7 nitrogen and oxygen atoms in total. The topological polar surface area (TPSA) is 97.3 Å². The summed E-state index contributed by atoms with van der Waals surface area (Å²) in [6.07, 6.45) is 1.52. The van der Waals surface area contributed by atoms with E-state index in [1.807, 2.05) is 19.1 Å². The van der Waals surface area contributed by atoms with Gasteiger partial charge in [-0.1, -0.05) is 41.6 Å². The summed E-state index contributed by atoms with van der Waals surface area (Å²) in [6.45, 7) is 2.42. The van der Waals surface area contributed by atoms with E-state index in [1.54, 1.807) is 36.4 Å². The number of amides is 2. The van der Waals surface area contributed by atoms with Crippen molar-refractivity contribution >= 4 is 52.2 Å². The van der Waals surface area contributed by atoms with Crippen molar-refractivity contribution in [3.8, 4) is 5.75 Å². The van der Waals surface area contributed by atoms with Crippen LogP contribution in [0.4, 0.5) is 5.69 Å². The second-order valence-electron chi connectivity index (χ2n) is 6.01. The fourth-order valence-electron chi connectivity index (χ4n) is 2.72. The van der Waals surface area contributed by atoms with Crippen LogP contribution in [0.3, 0.4) is 0 Å². The average Bonchev–Trinajstić information content (AvgIpc) is 2.97. The molecule has 1 heterocycles. The van der Waals surface area contributed by atoms with Crippen molar-refractivity contribution in [1.82, 2.24) is 0 Å². The lowest BCUT2D eigenvalue weighted by Gasteiger charge is -2.15. The van der Waals surface area contributed by atoms with Gasteiger partial charge in [-0.3, -0.25) is 9.59 Å². The van der Waals surface area contributed by atoms with Crippen molar-refractivity contribution in [2.24, 2.45) is 15.9 Å². The van der Waals surface area contributed by atoms with Crippen molar-refractivity contribution in [3.63, 3.8) is 0 Å². The highest BCUT2D eigenvalue weighted by atomic mass is 35.5. The second kappa shape index (κ2) is 9.58. The summed E-state index contributed by atoms with van der Waals surface area (Å²) in [5.41, 5.74) is 7.07. The summed E-state index contributed by atoms with van der Waals surface area (Å²) >= 11 is 7.05. The van der Waals surface area contributed by atoms with Gasteiger partial charge in [-0.25, -0.2) is 4.90 Å². The van der Waals surface area contributed by atoms with Gasteiger partial charge in [-0.15, -0.1) is 5.10 Å². The number of halogens is 1. The average molecular weight is 431 g/mol. The molecule has 0 aromatic heterocycles. The standard InChI is InChI=1S/C20H19ClN4O3S/c1-2-28-15-9-7-14(8-10-15)25-18(26)11-17(19(25)27)29-20(22)24-23-12-13-5-3-4-6-16(13)21/h3-10,12,17H,2,11H2,1H3,(H2,22,24)/b23-12-/t17-/m0/s1. The number of nitrogens with zero attached hydrogens (tertiary/aromatic N) is 3. The number of thioether (sulfide) groups is 1. The molecule has 1 saturated heterocycles. The van der Waals surface area contributed by atoms with E-state index in [4.69, 9.17) is 22.1 Å². The van der Waals surface area contributed by atoms with E-state index >= 15 is 0 Å². The maximum atomic E-state index is 12.7. The van der Waals surface area contributed by atoms with Gasteiger partial charge in [0.2, 0.25) is 11.8 Å². The first-order valence-corrected chi connectivity index (χ1v) is 10.1. The third-order valence-electron chi connectivity index (χ3n) is 4.03. The van der Waals surface area contributed by atoms with Gasteiger partial charge in [0.05, 0.1) is 18.5 Å². The van der Waals surface area contributed by atoms with E-state index in [0.717, 1.165) is 16.7 Å². The molecule has 29 heavy (non-hydrogen) atoms. The molecule has 0 aliphatic carbocycles. The molecule has 0 bridgehead atoms. The zero-order valence-electron chi connectivity index (χ0n) is 15.6. The molecule has 1 fully saturated rings. The molecule has 2 N–H and O–H groups in total. The number of nitrogens with two attached hydrogens (primary N) is 1. The summed E-state index contributed by atoms with van der Waals surface area (Å²) in [5, 5.41) is 7.77. The maximum Gasteiger partial charge on any atom is 0.247 e. The van der Waals surface area contributed by atoms with Crippen molar-refractivity contribution in [2.45, 2.75) is 18.6 Å². The fraction of sp³-hybridized carbons (Fsp3) is 0.200. The summed E-state index contributed by atoms with van der Waals surface area (Å²) in [4.78, 5) is 26.2. The lowest BCUT2D eigenvalue weighted by atomic mass is 10.2. The largest absolute Gasteiger partial charge is 0.494 e. The van der Waals surface area contributed by atoms with Crippen LogP contribution in [0.1, 0.15) is 18.9 Å². The highest BCUT2D eigenvalue weighted by molar-refractivity contribution is 8.14. The third kappa shape index (κ3) is 5.16. The number of imide groups is 1. The van der Waals surface area contributed by atoms with Crippen LogP contribution >= 0.6 is 23.4 Å². The van der Waals surface area contributed by atoms with Gasteiger partial charge in [0.1, 0.15) is 11.0 Å². The van der Waals surface area contributed by atoms with E-state index in [9.17, 15) is 9.59 Å². The molecular formula is C20H19ClN4O3S. The van der Waals surface area contributed by atoms with Gasteiger partial charge >= 0.3 is 0 Å². The molecule has 3 rings (SSSR count). The Morgan fingerprint density at radius 1 is 1.28 bits per heavy atom. The number of hydrogen-bond donors (Lipinski definition) is 1. The predicted octanol–water partition coefficient (Wildman–Crippen LogP) is 3.45. The van der Waals surface area contributed by atoms with Gasteiger partial charge < -0.3 is 10.5 Å². The first-order chi connectivity index (χ1) is 14.0. The molecular weight excluding hydrogens is 412 g/mol. The third-order valence-corrected chi connectivity index (χ3v) is 5.35. The summed E-state index contributed by atoms with van der Waals surface area (Å²) in [5.74, 6) is 0.0513. The van der Waals surface area contributed by atoms with Crippen LogP contribution in [0.15, 0.2) is 58.7 Å². The van der Waals surface area contributed by atoms with Crippen molar-refractivity contribution < 1.29 is 14.3 Å². The molecule has 0 radical (unpaired) electrons. The Morgan fingerprint density at radius 3 is 2.69 bits per heavy atom. The first-order valence-electron chi connectivity index (χ1n) is 8.87. The van der Waals surface area contributed by atoms with Crippen LogP contribution in [0.2, 0.25) is 5.02 Å². The molecule has 2 amide bonds. The van der Waals surface area contributed by atoms with E-state index in [1.165, 1.54) is 6.21 Å². The minimum Gasteiger partial charge on any atom is -0.494 e. The minimum absolute atomic E-state index is 0.0428. The quantitative estimate of drug-likeness (QED) is 0.327. The SMILES string of the molecule is CCOc1ccc(N2C(=O)C[C@H](SC(N)=N/N=C\c3ccccc3Cl)C2=O)cc1. The van der Waals surface area contributed by atoms with E-state index in [0.29, 0.717) is 28.6 Å². The number of rotatable bonds is 6. The summed E-state index contributed by atoms with van der Waals surface area (Å²) in [6, 6.07) is 14.0. The molecule has 1 aliphatic heterocycles. The fourth-order valence-corrected chi connectivity index (χ4v) is 3.73. The Morgan fingerprint density at radius 2 is 2.00 bits per heavy atom. The van der Waals surface area contributed by atoms with E-state index in [-0.39, 0.29) is 23.4 Å². The number of amidine groups is 1. The Balaban J connectivity index is 1.65.